The SMILES string of the molecule is CCCCCCCCC(CCC)(OC)C(OC)(OC)OC. The molecule has 0 bridgehead atoms. The molecule has 0 heterocycles. The molecule has 1 atom stereocenters. The van der Waals surface area contributed by atoms with E-state index in [2.05, 4.69) is 13.8 Å². The highest BCUT2D eigenvalue weighted by molar-refractivity contribution is 4.90. The maximum Gasteiger partial charge on any atom is 0.313 e. The lowest BCUT2D eigenvalue weighted by Gasteiger charge is -2.45. The highest BCUT2D eigenvalue weighted by atomic mass is 16.9. The Morgan fingerprint density at radius 1 is 0.571 bits per heavy atom. The van der Waals surface area contributed by atoms with E-state index in [1.54, 1.807) is 28.4 Å². The molecule has 1 unspecified atom stereocenters. The van der Waals surface area contributed by atoms with E-state index in [-0.39, 0.29) is 0 Å². The van der Waals surface area contributed by atoms with E-state index >= 15 is 0 Å². The number of hydrogen-bond donors (Lipinski definition) is 0. The number of hydrogen-bond acceptors (Lipinski definition) is 4. The molecule has 0 amide bonds. The first-order valence-electron chi connectivity index (χ1n) is 8.32. The molecule has 0 aliphatic carbocycles. The van der Waals surface area contributed by atoms with Gasteiger partial charge in [0.15, 0.2) is 0 Å². The van der Waals surface area contributed by atoms with Gasteiger partial charge < -0.3 is 18.9 Å². The Morgan fingerprint density at radius 2 is 1.10 bits per heavy atom. The number of methoxy groups -OCH3 is 4. The summed E-state index contributed by atoms with van der Waals surface area (Å²) in [5.74, 6) is -1.14. The lowest BCUT2D eigenvalue weighted by molar-refractivity contribution is -0.425. The smallest absolute Gasteiger partial charge is 0.313 e. The fraction of sp³-hybridized carbons (Fsp3) is 1.00. The van der Waals surface area contributed by atoms with Gasteiger partial charge >= 0.3 is 5.97 Å². The maximum absolute atomic E-state index is 5.87. The second kappa shape index (κ2) is 11.4. The molecule has 0 spiro atoms. The van der Waals surface area contributed by atoms with Crippen LogP contribution in [0, 0.1) is 0 Å². The Kier molecular flexibility index (Phi) is 11.3. The summed E-state index contributed by atoms with van der Waals surface area (Å²) in [7, 11) is 6.55. The van der Waals surface area contributed by atoms with Crippen molar-refractivity contribution in [3.63, 3.8) is 0 Å². The number of rotatable bonds is 14. The van der Waals surface area contributed by atoms with E-state index in [9.17, 15) is 0 Å². The summed E-state index contributed by atoms with van der Waals surface area (Å²) in [6.45, 7) is 4.38. The number of ether oxygens (including phenoxy) is 4. The average molecular weight is 304 g/mol. The van der Waals surface area contributed by atoms with Crippen LogP contribution in [0.3, 0.4) is 0 Å². The number of unbranched alkanes of at least 4 members (excludes halogenated alkanes) is 5. The van der Waals surface area contributed by atoms with Crippen molar-refractivity contribution < 1.29 is 18.9 Å². The minimum atomic E-state index is -1.14. The van der Waals surface area contributed by atoms with Crippen molar-refractivity contribution in [2.75, 3.05) is 28.4 Å². The minimum Gasteiger partial charge on any atom is -0.370 e. The van der Waals surface area contributed by atoms with Crippen molar-refractivity contribution >= 4 is 0 Å². The highest BCUT2D eigenvalue weighted by Crippen LogP contribution is 2.39. The van der Waals surface area contributed by atoms with E-state index in [4.69, 9.17) is 18.9 Å². The van der Waals surface area contributed by atoms with Gasteiger partial charge in [0.25, 0.3) is 0 Å². The van der Waals surface area contributed by atoms with Crippen molar-refractivity contribution in [1.82, 2.24) is 0 Å². The van der Waals surface area contributed by atoms with E-state index < -0.39 is 11.6 Å². The normalized spacial score (nSPS) is 15.1. The largest absolute Gasteiger partial charge is 0.370 e. The fourth-order valence-corrected chi connectivity index (χ4v) is 3.16. The monoisotopic (exact) mass is 304 g/mol. The molecule has 0 saturated carbocycles. The molecule has 0 aliphatic rings. The van der Waals surface area contributed by atoms with Crippen LogP contribution in [0.1, 0.15) is 71.6 Å². The molecular formula is C17H36O4. The molecule has 0 rings (SSSR count). The molecule has 0 aliphatic heterocycles. The minimum absolute atomic E-state index is 0.565. The predicted molar refractivity (Wildman–Crippen MR) is 86.4 cm³/mol. The first kappa shape index (κ1) is 20.8. The first-order valence-corrected chi connectivity index (χ1v) is 8.32. The Labute approximate surface area is 131 Å². The molecule has 0 N–H and O–H groups in total. The first-order chi connectivity index (χ1) is 10.1. The molecule has 0 fully saturated rings. The van der Waals surface area contributed by atoms with Crippen LogP contribution in [0.25, 0.3) is 0 Å². The van der Waals surface area contributed by atoms with Crippen LogP contribution in [-0.2, 0) is 18.9 Å². The summed E-state index contributed by atoms with van der Waals surface area (Å²) < 4.78 is 22.6. The van der Waals surface area contributed by atoms with Crippen molar-refractivity contribution in [3.05, 3.63) is 0 Å². The Morgan fingerprint density at radius 3 is 1.52 bits per heavy atom. The van der Waals surface area contributed by atoms with Gasteiger partial charge in [-0.3, -0.25) is 0 Å². The Hall–Kier alpha value is -0.160. The average Bonchev–Trinajstić information content (AvgIpc) is 2.52. The lowest BCUT2D eigenvalue weighted by atomic mass is 9.87. The lowest BCUT2D eigenvalue weighted by Crippen LogP contribution is -2.59. The second-order valence-corrected chi connectivity index (χ2v) is 5.63. The molecular weight excluding hydrogens is 268 g/mol. The second-order valence-electron chi connectivity index (χ2n) is 5.63. The van der Waals surface area contributed by atoms with Gasteiger partial charge in [-0.05, 0) is 12.8 Å². The van der Waals surface area contributed by atoms with Crippen LogP contribution in [0.15, 0.2) is 0 Å². The molecule has 4 heteroatoms. The third kappa shape index (κ3) is 5.51. The zero-order valence-corrected chi connectivity index (χ0v) is 15.0. The third-order valence-electron chi connectivity index (χ3n) is 4.34. The summed E-state index contributed by atoms with van der Waals surface area (Å²) in [6, 6.07) is 0. The maximum atomic E-state index is 5.87. The molecule has 0 aromatic heterocycles. The van der Waals surface area contributed by atoms with E-state index in [0.717, 1.165) is 25.7 Å². The molecule has 0 aromatic carbocycles. The molecule has 128 valence electrons. The molecule has 21 heavy (non-hydrogen) atoms. The van der Waals surface area contributed by atoms with Crippen molar-refractivity contribution in [2.45, 2.75) is 83.2 Å². The standard InChI is InChI=1S/C17H36O4/c1-7-9-10-11-12-13-15-16(18-3,14-8-2)17(19-4,20-5)21-6/h7-15H2,1-6H3. The Balaban J connectivity index is 4.74. The highest BCUT2D eigenvalue weighted by Gasteiger charge is 2.53. The fourth-order valence-electron chi connectivity index (χ4n) is 3.16. The third-order valence-corrected chi connectivity index (χ3v) is 4.34. The zero-order chi connectivity index (χ0) is 16.2. The van der Waals surface area contributed by atoms with Crippen LogP contribution < -0.4 is 0 Å². The van der Waals surface area contributed by atoms with Crippen LogP contribution in [0.5, 0.6) is 0 Å². The zero-order valence-electron chi connectivity index (χ0n) is 15.0. The van der Waals surface area contributed by atoms with E-state index in [1.807, 2.05) is 0 Å². The molecule has 4 nitrogen and oxygen atoms in total. The summed E-state index contributed by atoms with van der Waals surface area (Å²) in [6.07, 6.45) is 10.2. The van der Waals surface area contributed by atoms with Crippen molar-refractivity contribution in [2.24, 2.45) is 0 Å². The van der Waals surface area contributed by atoms with Crippen molar-refractivity contribution in [1.29, 1.82) is 0 Å². The van der Waals surface area contributed by atoms with Gasteiger partial charge in [0.2, 0.25) is 0 Å². The molecule has 0 radical (unpaired) electrons. The van der Waals surface area contributed by atoms with Gasteiger partial charge in [-0.15, -0.1) is 0 Å². The van der Waals surface area contributed by atoms with Crippen LogP contribution in [0.4, 0.5) is 0 Å². The van der Waals surface area contributed by atoms with Gasteiger partial charge in [-0.1, -0.05) is 58.8 Å². The van der Waals surface area contributed by atoms with Gasteiger partial charge in [-0.2, -0.15) is 0 Å². The van der Waals surface area contributed by atoms with E-state index in [0.29, 0.717) is 0 Å². The van der Waals surface area contributed by atoms with Gasteiger partial charge in [0.05, 0.1) is 0 Å². The van der Waals surface area contributed by atoms with Gasteiger partial charge in [0, 0.05) is 28.4 Å². The van der Waals surface area contributed by atoms with Crippen LogP contribution >= 0.6 is 0 Å². The summed E-state index contributed by atoms with van der Waals surface area (Å²) >= 11 is 0. The van der Waals surface area contributed by atoms with E-state index in [1.165, 1.54) is 32.1 Å². The molecule has 0 aromatic rings. The summed E-state index contributed by atoms with van der Waals surface area (Å²) in [5.41, 5.74) is -0.565. The van der Waals surface area contributed by atoms with Crippen molar-refractivity contribution in [3.8, 4) is 0 Å². The summed E-state index contributed by atoms with van der Waals surface area (Å²) in [5, 5.41) is 0. The molecule has 0 saturated heterocycles. The summed E-state index contributed by atoms with van der Waals surface area (Å²) in [4.78, 5) is 0. The Bertz CT molecular complexity index is 233. The van der Waals surface area contributed by atoms with Crippen LogP contribution in [0.2, 0.25) is 0 Å². The topological polar surface area (TPSA) is 36.9 Å². The van der Waals surface area contributed by atoms with Crippen LogP contribution in [-0.4, -0.2) is 40.0 Å². The quantitative estimate of drug-likeness (QED) is 0.349. The predicted octanol–water partition coefficient (Wildman–Crippen LogP) is 4.52. The van der Waals surface area contributed by atoms with Gasteiger partial charge in [0.1, 0.15) is 5.60 Å². The van der Waals surface area contributed by atoms with Gasteiger partial charge in [-0.25, -0.2) is 0 Å².